The Hall–Kier alpha value is -2.44. The van der Waals surface area contributed by atoms with E-state index in [0.29, 0.717) is 0 Å². The molecule has 102 valence electrons. The van der Waals surface area contributed by atoms with Crippen molar-refractivity contribution in [2.24, 2.45) is 5.73 Å². The molecule has 7 heteroatoms. The molecule has 0 bridgehead atoms. The number of rotatable bonds is 6. The molecule has 0 radical (unpaired) electrons. The molecule has 1 aromatic heterocycles. The molecule has 0 spiro atoms. The number of hydrogen-bond acceptors (Lipinski definition) is 4. The molecular weight excluding hydrogens is 250 g/mol. The maximum atomic E-state index is 11.8. The van der Waals surface area contributed by atoms with Crippen molar-refractivity contribution >= 4 is 17.8 Å². The van der Waals surface area contributed by atoms with Crippen molar-refractivity contribution in [1.82, 2.24) is 10.3 Å². The summed E-state index contributed by atoms with van der Waals surface area (Å²) in [6.45, 7) is 1.77. The fourth-order valence-corrected chi connectivity index (χ4v) is 1.46. The van der Waals surface area contributed by atoms with Crippen LogP contribution in [-0.2, 0) is 9.59 Å². The highest BCUT2D eigenvalue weighted by atomic mass is 16.4. The van der Waals surface area contributed by atoms with E-state index in [2.05, 4.69) is 10.3 Å². The van der Waals surface area contributed by atoms with Gasteiger partial charge in [-0.1, -0.05) is 0 Å². The van der Waals surface area contributed by atoms with Crippen molar-refractivity contribution in [2.75, 3.05) is 0 Å². The molecule has 0 aliphatic rings. The minimum absolute atomic E-state index is 0.0460. The van der Waals surface area contributed by atoms with Gasteiger partial charge in [0.2, 0.25) is 5.91 Å². The van der Waals surface area contributed by atoms with Gasteiger partial charge in [-0.2, -0.15) is 0 Å². The standard InChI is InChI=1S/C12H15N3O4/c1-7-4-8(6-14-5-7)11(17)15-9(12(18)19)2-3-10(13)16/h4-6,9H,2-3H2,1H3,(H2,13,16)(H,15,17)(H,18,19)/t9-/m0/s1. The van der Waals surface area contributed by atoms with E-state index in [9.17, 15) is 14.4 Å². The predicted molar refractivity (Wildman–Crippen MR) is 66.3 cm³/mol. The number of amides is 2. The molecule has 0 aromatic carbocycles. The third-order valence-corrected chi connectivity index (χ3v) is 2.42. The van der Waals surface area contributed by atoms with Crippen LogP contribution in [0.5, 0.6) is 0 Å². The average Bonchev–Trinajstić information content (AvgIpc) is 2.33. The third kappa shape index (κ3) is 4.74. The maximum Gasteiger partial charge on any atom is 0.326 e. The van der Waals surface area contributed by atoms with E-state index in [1.54, 1.807) is 19.2 Å². The zero-order valence-electron chi connectivity index (χ0n) is 10.4. The Morgan fingerprint density at radius 3 is 2.63 bits per heavy atom. The Labute approximate surface area is 109 Å². The first-order chi connectivity index (χ1) is 8.90. The van der Waals surface area contributed by atoms with Crippen molar-refractivity contribution in [3.05, 3.63) is 29.6 Å². The highest BCUT2D eigenvalue weighted by molar-refractivity contribution is 5.96. The zero-order chi connectivity index (χ0) is 14.4. The van der Waals surface area contributed by atoms with E-state index in [1.165, 1.54) is 6.20 Å². The Morgan fingerprint density at radius 2 is 2.11 bits per heavy atom. The maximum absolute atomic E-state index is 11.8. The van der Waals surface area contributed by atoms with E-state index in [-0.39, 0.29) is 18.4 Å². The fraction of sp³-hybridized carbons (Fsp3) is 0.333. The molecule has 1 aromatic rings. The molecule has 0 aliphatic carbocycles. The van der Waals surface area contributed by atoms with E-state index < -0.39 is 23.8 Å². The van der Waals surface area contributed by atoms with Crippen LogP contribution in [0.1, 0.15) is 28.8 Å². The normalized spacial score (nSPS) is 11.6. The van der Waals surface area contributed by atoms with Gasteiger partial charge in [0.05, 0.1) is 5.56 Å². The van der Waals surface area contributed by atoms with Gasteiger partial charge in [0, 0.05) is 18.8 Å². The zero-order valence-corrected chi connectivity index (χ0v) is 10.4. The largest absolute Gasteiger partial charge is 0.480 e. The van der Waals surface area contributed by atoms with Gasteiger partial charge in [-0.25, -0.2) is 4.79 Å². The summed E-state index contributed by atoms with van der Waals surface area (Å²) in [4.78, 5) is 37.3. The van der Waals surface area contributed by atoms with Crippen molar-refractivity contribution in [3.63, 3.8) is 0 Å². The van der Waals surface area contributed by atoms with E-state index >= 15 is 0 Å². The highest BCUT2D eigenvalue weighted by Gasteiger charge is 2.21. The van der Waals surface area contributed by atoms with Gasteiger partial charge in [0.15, 0.2) is 0 Å². The van der Waals surface area contributed by atoms with E-state index in [0.717, 1.165) is 5.56 Å². The number of aryl methyl sites for hydroxylation is 1. The molecular formula is C12H15N3O4. The molecule has 0 saturated heterocycles. The fourth-order valence-electron chi connectivity index (χ4n) is 1.46. The Morgan fingerprint density at radius 1 is 1.42 bits per heavy atom. The van der Waals surface area contributed by atoms with Crippen LogP contribution >= 0.6 is 0 Å². The van der Waals surface area contributed by atoms with Gasteiger partial charge in [0.25, 0.3) is 5.91 Å². The Kier molecular flexibility index (Phi) is 4.99. The van der Waals surface area contributed by atoms with Gasteiger partial charge in [-0.15, -0.1) is 0 Å². The third-order valence-electron chi connectivity index (χ3n) is 2.42. The van der Waals surface area contributed by atoms with Gasteiger partial charge in [-0.05, 0) is 25.0 Å². The van der Waals surface area contributed by atoms with Gasteiger partial charge in [0.1, 0.15) is 6.04 Å². The lowest BCUT2D eigenvalue weighted by atomic mass is 10.1. The Bertz CT molecular complexity index is 502. The lowest BCUT2D eigenvalue weighted by Crippen LogP contribution is -2.41. The number of pyridine rings is 1. The number of nitrogens with zero attached hydrogens (tertiary/aromatic N) is 1. The molecule has 1 atom stereocenters. The number of carbonyl (C=O) groups is 3. The molecule has 0 aliphatic heterocycles. The summed E-state index contributed by atoms with van der Waals surface area (Å²) in [6.07, 6.45) is 2.77. The molecule has 0 fully saturated rings. The minimum atomic E-state index is -1.21. The quantitative estimate of drug-likeness (QED) is 0.659. The van der Waals surface area contributed by atoms with Crippen LogP contribution in [0.15, 0.2) is 18.5 Å². The van der Waals surface area contributed by atoms with Crippen LogP contribution in [0.2, 0.25) is 0 Å². The smallest absolute Gasteiger partial charge is 0.326 e. The SMILES string of the molecule is Cc1cncc(C(=O)N[C@@H](CCC(N)=O)C(=O)O)c1. The summed E-state index contributed by atoms with van der Waals surface area (Å²) < 4.78 is 0. The van der Waals surface area contributed by atoms with Crippen LogP contribution in [0.3, 0.4) is 0 Å². The van der Waals surface area contributed by atoms with Gasteiger partial charge in [-0.3, -0.25) is 14.6 Å². The molecule has 1 heterocycles. The summed E-state index contributed by atoms with van der Waals surface area (Å²) in [5.41, 5.74) is 6.01. The molecule has 4 N–H and O–H groups in total. The number of carboxylic acids is 1. The first kappa shape index (κ1) is 14.6. The minimum Gasteiger partial charge on any atom is -0.480 e. The number of aliphatic carboxylic acids is 1. The number of carboxylic acid groups (broad SMARTS) is 1. The Balaban J connectivity index is 2.71. The van der Waals surface area contributed by atoms with Gasteiger partial charge < -0.3 is 16.2 Å². The molecule has 0 saturated carbocycles. The molecule has 2 amide bonds. The molecule has 19 heavy (non-hydrogen) atoms. The first-order valence-electron chi connectivity index (χ1n) is 5.63. The van der Waals surface area contributed by atoms with Crippen molar-refractivity contribution < 1.29 is 19.5 Å². The van der Waals surface area contributed by atoms with Crippen molar-refractivity contribution in [2.45, 2.75) is 25.8 Å². The van der Waals surface area contributed by atoms with Crippen LogP contribution in [0, 0.1) is 6.92 Å². The summed E-state index contributed by atoms with van der Waals surface area (Å²) in [5, 5.41) is 11.3. The second-order valence-electron chi connectivity index (χ2n) is 4.12. The second kappa shape index (κ2) is 6.48. The van der Waals surface area contributed by atoms with Gasteiger partial charge >= 0.3 is 5.97 Å². The summed E-state index contributed by atoms with van der Waals surface area (Å²) in [6, 6.07) is 0.440. The van der Waals surface area contributed by atoms with Crippen molar-refractivity contribution in [1.29, 1.82) is 0 Å². The monoisotopic (exact) mass is 265 g/mol. The summed E-state index contributed by atoms with van der Waals surface area (Å²) in [5.74, 6) is -2.37. The van der Waals surface area contributed by atoms with Crippen LogP contribution in [-0.4, -0.2) is 33.9 Å². The topological polar surface area (TPSA) is 122 Å². The number of aromatic nitrogens is 1. The lowest BCUT2D eigenvalue weighted by Gasteiger charge is -2.13. The predicted octanol–water partition coefficient (Wildman–Crippen LogP) is -0.161. The summed E-state index contributed by atoms with van der Waals surface area (Å²) >= 11 is 0. The van der Waals surface area contributed by atoms with E-state index in [4.69, 9.17) is 10.8 Å². The summed E-state index contributed by atoms with van der Waals surface area (Å²) in [7, 11) is 0. The molecule has 0 unspecified atom stereocenters. The van der Waals surface area contributed by atoms with Crippen LogP contribution < -0.4 is 11.1 Å². The number of carbonyl (C=O) groups excluding carboxylic acids is 2. The number of primary amides is 1. The number of hydrogen-bond donors (Lipinski definition) is 3. The average molecular weight is 265 g/mol. The number of nitrogens with one attached hydrogen (secondary N) is 1. The van der Waals surface area contributed by atoms with E-state index in [1.807, 2.05) is 0 Å². The molecule has 7 nitrogen and oxygen atoms in total. The second-order valence-corrected chi connectivity index (χ2v) is 4.12. The first-order valence-corrected chi connectivity index (χ1v) is 5.63. The highest BCUT2D eigenvalue weighted by Crippen LogP contribution is 2.04. The van der Waals surface area contributed by atoms with Crippen molar-refractivity contribution in [3.8, 4) is 0 Å². The lowest BCUT2D eigenvalue weighted by molar-refractivity contribution is -0.139. The molecule has 1 rings (SSSR count). The van der Waals surface area contributed by atoms with Crippen LogP contribution in [0.25, 0.3) is 0 Å². The number of nitrogens with two attached hydrogens (primary N) is 1. The van der Waals surface area contributed by atoms with Crippen LogP contribution in [0.4, 0.5) is 0 Å².